The van der Waals surface area contributed by atoms with E-state index in [4.69, 9.17) is 10.5 Å². The number of rotatable bonds is 8. The van der Waals surface area contributed by atoms with Crippen molar-refractivity contribution in [2.75, 3.05) is 25.4 Å². The number of aromatic nitrogens is 1. The number of aliphatic hydroxyl groups excluding tert-OH is 1. The Morgan fingerprint density at radius 3 is 2.67 bits per heavy atom. The third-order valence-electron chi connectivity index (χ3n) is 5.57. The van der Waals surface area contributed by atoms with E-state index in [1.807, 2.05) is 12.1 Å². The summed E-state index contributed by atoms with van der Waals surface area (Å²) in [5, 5.41) is 23.8. The van der Waals surface area contributed by atoms with Crippen LogP contribution in [0.3, 0.4) is 0 Å². The fourth-order valence-electron chi connectivity index (χ4n) is 3.98. The van der Waals surface area contributed by atoms with Crippen LogP contribution < -0.4 is 15.8 Å². The van der Waals surface area contributed by atoms with Gasteiger partial charge >= 0.3 is 0 Å². The van der Waals surface area contributed by atoms with Crippen molar-refractivity contribution in [3.63, 3.8) is 0 Å². The summed E-state index contributed by atoms with van der Waals surface area (Å²) in [6, 6.07) is 7.23. The Labute approximate surface area is 180 Å². The lowest BCUT2D eigenvalue weighted by Crippen LogP contribution is -2.27. The summed E-state index contributed by atoms with van der Waals surface area (Å²) in [6.07, 6.45) is 4.00. The summed E-state index contributed by atoms with van der Waals surface area (Å²) in [4.78, 5) is 4.51. The molecular weight excluding hydrogens is 378 g/mol. The van der Waals surface area contributed by atoms with Crippen molar-refractivity contribution in [3.8, 4) is 22.8 Å². The number of pyridine rings is 1. The molecule has 0 aliphatic carbocycles. The lowest BCUT2D eigenvalue weighted by atomic mass is 9.86. The highest BCUT2D eigenvalue weighted by Crippen LogP contribution is 2.40. The molecule has 166 valence electrons. The molecule has 0 amide bonds. The van der Waals surface area contributed by atoms with E-state index in [-0.39, 0.29) is 19.8 Å². The molecule has 1 aromatic heterocycles. The SMILES string of the molecule is C.CC(C)CCCOc1cccc(O)c1-c1cc(C2CCNCC2)c(CO)c(N)n1. The number of nitrogens with zero attached hydrogens (tertiary/aromatic N) is 1. The van der Waals surface area contributed by atoms with Crippen molar-refractivity contribution in [2.45, 2.75) is 59.5 Å². The second-order valence-corrected chi connectivity index (χ2v) is 8.18. The van der Waals surface area contributed by atoms with E-state index in [0.717, 1.165) is 44.3 Å². The molecule has 1 aromatic carbocycles. The van der Waals surface area contributed by atoms with E-state index in [2.05, 4.69) is 24.1 Å². The van der Waals surface area contributed by atoms with Crippen LogP contribution in [0.2, 0.25) is 0 Å². The highest BCUT2D eigenvalue weighted by molar-refractivity contribution is 5.76. The Bertz CT molecular complexity index is 818. The van der Waals surface area contributed by atoms with Crippen LogP contribution in [0.5, 0.6) is 11.5 Å². The lowest BCUT2D eigenvalue weighted by Gasteiger charge is -2.26. The van der Waals surface area contributed by atoms with Gasteiger partial charge in [-0.25, -0.2) is 4.98 Å². The monoisotopic (exact) mass is 415 g/mol. The number of aromatic hydroxyl groups is 1. The second-order valence-electron chi connectivity index (χ2n) is 8.18. The molecule has 1 saturated heterocycles. The number of nitrogens with one attached hydrogen (secondary N) is 1. The molecule has 0 saturated carbocycles. The highest BCUT2D eigenvalue weighted by Gasteiger charge is 2.23. The van der Waals surface area contributed by atoms with Crippen LogP contribution >= 0.6 is 0 Å². The molecular formula is C24H37N3O3. The molecule has 30 heavy (non-hydrogen) atoms. The minimum Gasteiger partial charge on any atom is -0.507 e. The molecule has 1 aliphatic heterocycles. The molecule has 3 rings (SSSR count). The van der Waals surface area contributed by atoms with Crippen molar-refractivity contribution in [1.82, 2.24) is 10.3 Å². The van der Waals surface area contributed by atoms with Crippen LogP contribution in [-0.2, 0) is 6.61 Å². The van der Waals surface area contributed by atoms with Gasteiger partial charge in [-0.15, -0.1) is 0 Å². The summed E-state index contributed by atoms with van der Waals surface area (Å²) in [7, 11) is 0. The van der Waals surface area contributed by atoms with E-state index >= 15 is 0 Å². The van der Waals surface area contributed by atoms with E-state index in [1.165, 1.54) is 0 Å². The zero-order chi connectivity index (χ0) is 20.8. The van der Waals surface area contributed by atoms with Crippen molar-refractivity contribution >= 4 is 5.82 Å². The van der Waals surface area contributed by atoms with Gasteiger partial charge in [-0.05, 0) is 74.4 Å². The Morgan fingerprint density at radius 1 is 1.27 bits per heavy atom. The Kier molecular flexibility index (Phi) is 8.93. The summed E-state index contributed by atoms with van der Waals surface area (Å²) in [6.45, 7) is 6.70. The van der Waals surface area contributed by atoms with Crippen molar-refractivity contribution in [2.24, 2.45) is 5.92 Å². The first kappa shape index (κ1) is 24.0. The first-order valence-corrected chi connectivity index (χ1v) is 10.6. The van der Waals surface area contributed by atoms with Gasteiger partial charge in [-0.3, -0.25) is 0 Å². The molecule has 2 aromatic rings. The molecule has 5 N–H and O–H groups in total. The number of piperidine rings is 1. The number of aliphatic hydroxyl groups is 1. The smallest absolute Gasteiger partial charge is 0.132 e. The molecule has 1 aliphatic rings. The maximum absolute atomic E-state index is 10.6. The van der Waals surface area contributed by atoms with Gasteiger partial charge in [0.1, 0.15) is 17.3 Å². The topological polar surface area (TPSA) is 101 Å². The van der Waals surface area contributed by atoms with E-state index < -0.39 is 0 Å². The van der Waals surface area contributed by atoms with Crippen molar-refractivity contribution in [1.29, 1.82) is 0 Å². The third kappa shape index (κ3) is 5.64. The largest absolute Gasteiger partial charge is 0.507 e. The molecule has 0 spiro atoms. The van der Waals surface area contributed by atoms with Gasteiger partial charge in [0.2, 0.25) is 0 Å². The first-order valence-electron chi connectivity index (χ1n) is 10.6. The van der Waals surface area contributed by atoms with Crippen LogP contribution in [0, 0.1) is 5.92 Å². The standard InChI is InChI=1S/C23H33N3O3.CH4/c1-15(2)5-4-12-29-21-7-3-6-20(28)22(21)19-13-17(16-8-10-25-11-9-16)18(14-27)23(24)26-19;/h3,6-7,13,15-16,25,27-28H,4-5,8-12,14H2,1-2H3,(H2,24,26);1H4. The van der Waals surface area contributed by atoms with Gasteiger partial charge in [0.25, 0.3) is 0 Å². The van der Waals surface area contributed by atoms with Gasteiger partial charge in [0.15, 0.2) is 0 Å². The summed E-state index contributed by atoms with van der Waals surface area (Å²) in [5.74, 6) is 1.97. The molecule has 0 bridgehead atoms. The predicted molar refractivity (Wildman–Crippen MR) is 123 cm³/mol. The maximum Gasteiger partial charge on any atom is 0.132 e. The van der Waals surface area contributed by atoms with Crippen LogP contribution in [0.15, 0.2) is 24.3 Å². The van der Waals surface area contributed by atoms with Crippen molar-refractivity contribution in [3.05, 3.63) is 35.4 Å². The number of nitrogen functional groups attached to an aromatic ring is 1. The summed E-state index contributed by atoms with van der Waals surface area (Å²) in [5.41, 5.74) is 9.08. The number of phenols is 1. The fourth-order valence-corrected chi connectivity index (χ4v) is 3.98. The van der Waals surface area contributed by atoms with Crippen LogP contribution in [-0.4, -0.2) is 34.9 Å². The third-order valence-corrected chi connectivity index (χ3v) is 5.57. The molecule has 6 nitrogen and oxygen atoms in total. The summed E-state index contributed by atoms with van der Waals surface area (Å²) < 4.78 is 6.00. The van der Waals surface area contributed by atoms with E-state index in [9.17, 15) is 10.2 Å². The van der Waals surface area contributed by atoms with Crippen LogP contribution in [0.1, 0.15) is 64.0 Å². The Morgan fingerprint density at radius 2 is 2.00 bits per heavy atom. The number of anilines is 1. The first-order chi connectivity index (χ1) is 14.0. The molecule has 1 fully saturated rings. The number of nitrogens with two attached hydrogens (primary N) is 1. The minimum atomic E-state index is -0.141. The zero-order valence-corrected chi connectivity index (χ0v) is 17.4. The fraction of sp³-hybridized carbons (Fsp3) is 0.542. The number of phenolic OH excluding ortho intramolecular Hbond substituents is 1. The highest BCUT2D eigenvalue weighted by atomic mass is 16.5. The number of hydrogen-bond acceptors (Lipinski definition) is 6. The molecule has 2 heterocycles. The van der Waals surface area contributed by atoms with Crippen LogP contribution in [0.25, 0.3) is 11.3 Å². The number of ether oxygens (including phenoxy) is 1. The zero-order valence-electron chi connectivity index (χ0n) is 17.4. The molecule has 6 heteroatoms. The normalized spacial score (nSPS) is 14.5. The Balaban J connectivity index is 0.00000320. The van der Waals surface area contributed by atoms with Gasteiger partial charge in [0.05, 0.1) is 24.5 Å². The molecule has 0 radical (unpaired) electrons. The quantitative estimate of drug-likeness (QED) is 0.475. The molecule has 0 atom stereocenters. The predicted octanol–water partition coefficient (Wildman–Crippen LogP) is 4.45. The Hall–Kier alpha value is -2.31. The van der Waals surface area contributed by atoms with Crippen molar-refractivity contribution < 1.29 is 14.9 Å². The lowest BCUT2D eigenvalue weighted by molar-refractivity contribution is 0.279. The van der Waals surface area contributed by atoms with Gasteiger partial charge in [-0.2, -0.15) is 0 Å². The maximum atomic E-state index is 10.6. The average Bonchev–Trinajstić information content (AvgIpc) is 2.71. The molecule has 0 unspecified atom stereocenters. The second kappa shape index (κ2) is 11.2. The minimum absolute atomic E-state index is 0. The van der Waals surface area contributed by atoms with E-state index in [0.29, 0.717) is 46.8 Å². The summed E-state index contributed by atoms with van der Waals surface area (Å²) >= 11 is 0. The van der Waals surface area contributed by atoms with Gasteiger partial charge in [-0.1, -0.05) is 27.3 Å². The van der Waals surface area contributed by atoms with E-state index in [1.54, 1.807) is 12.1 Å². The number of hydrogen-bond donors (Lipinski definition) is 4. The van der Waals surface area contributed by atoms with Gasteiger partial charge in [0, 0.05) is 5.56 Å². The average molecular weight is 416 g/mol. The van der Waals surface area contributed by atoms with Gasteiger partial charge < -0.3 is 26.0 Å². The van der Waals surface area contributed by atoms with Crippen LogP contribution in [0.4, 0.5) is 5.82 Å². The number of benzene rings is 1.